The summed E-state index contributed by atoms with van der Waals surface area (Å²) in [5.41, 5.74) is 8.70. The molecule has 1 fully saturated rings. The van der Waals surface area contributed by atoms with Crippen LogP contribution in [0.15, 0.2) is 20.7 Å². The van der Waals surface area contributed by atoms with E-state index in [1.165, 1.54) is 11.3 Å². The lowest BCUT2D eigenvalue weighted by atomic mass is 10.0. The molecule has 1 saturated heterocycles. The number of anilines is 1. The van der Waals surface area contributed by atoms with Crippen LogP contribution in [0.3, 0.4) is 0 Å². The van der Waals surface area contributed by atoms with Crippen LogP contribution in [0.2, 0.25) is 0 Å². The van der Waals surface area contributed by atoms with Gasteiger partial charge in [-0.2, -0.15) is 0 Å². The molecule has 1 aliphatic heterocycles. The fourth-order valence-electron chi connectivity index (χ4n) is 3.54. The molecule has 0 aliphatic carbocycles. The standard InChI is InChI=1S/C20H23N3O4S/c1-3-12-8-13-17(25)15(20-22-11(2)10-28-20)19(21)27-18(13)14(16(12)24)9-23-4-6-26-7-5-23/h8,10,24H,3-7,9,21H2,1-2H3. The zero-order valence-electron chi connectivity index (χ0n) is 15.9. The highest BCUT2D eigenvalue weighted by molar-refractivity contribution is 7.13. The van der Waals surface area contributed by atoms with Crippen molar-refractivity contribution in [3.05, 3.63) is 38.5 Å². The molecule has 0 atom stereocenters. The Morgan fingerprint density at radius 1 is 1.36 bits per heavy atom. The maximum atomic E-state index is 13.3. The lowest BCUT2D eigenvalue weighted by Crippen LogP contribution is -2.35. The molecule has 0 saturated carbocycles. The average molecular weight is 401 g/mol. The van der Waals surface area contributed by atoms with Crippen LogP contribution >= 0.6 is 11.3 Å². The molecule has 7 nitrogen and oxygen atoms in total. The van der Waals surface area contributed by atoms with Crippen molar-refractivity contribution in [2.45, 2.75) is 26.8 Å². The van der Waals surface area contributed by atoms with Crippen LogP contribution in [0.4, 0.5) is 5.88 Å². The van der Waals surface area contributed by atoms with Crippen molar-refractivity contribution in [2.24, 2.45) is 0 Å². The van der Waals surface area contributed by atoms with Crippen LogP contribution in [0, 0.1) is 6.92 Å². The minimum absolute atomic E-state index is 0.0266. The third kappa shape index (κ3) is 3.28. The van der Waals surface area contributed by atoms with E-state index in [1.54, 1.807) is 6.07 Å². The number of aromatic hydroxyl groups is 1. The predicted octanol–water partition coefficient (Wildman–Crippen LogP) is 2.91. The van der Waals surface area contributed by atoms with Crippen molar-refractivity contribution in [3.63, 3.8) is 0 Å². The number of nitrogens with zero attached hydrogens (tertiary/aromatic N) is 2. The first-order valence-corrected chi connectivity index (χ1v) is 10.2. The number of morpholine rings is 1. The minimum atomic E-state index is -0.217. The van der Waals surface area contributed by atoms with E-state index < -0.39 is 0 Å². The smallest absolute Gasteiger partial charge is 0.205 e. The molecule has 4 rings (SSSR count). The van der Waals surface area contributed by atoms with E-state index in [4.69, 9.17) is 14.9 Å². The van der Waals surface area contributed by atoms with E-state index in [1.807, 2.05) is 19.2 Å². The Bertz CT molecular complexity index is 1080. The second-order valence-corrected chi connectivity index (χ2v) is 7.80. The fourth-order valence-corrected chi connectivity index (χ4v) is 4.38. The molecule has 1 aliphatic rings. The molecule has 148 valence electrons. The normalized spacial score (nSPS) is 15.4. The van der Waals surface area contributed by atoms with Gasteiger partial charge < -0.3 is 20.0 Å². The summed E-state index contributed by atoms with van der Waals surface area (Å²) in [4.78, 5) is 19.9. The second-order valence-electron chi connectivity index (χ2n) is 6.95. The Morgan fingerprint density at radius 3 is 2.75 bits per heavy atom. The number of hydrogen-bond donors (Lipinski definition) is 2. The summed E-state index contributed by atoms with van der Waals surface area (Å²) >= 11 is 1.36. The number of rotatable bonds is 4. The molecule has 0 radical (unpaired) electrons. The van der Waals surface area contributed by atoms with Crippen molar-refractivity contribution in [1.29, 1.82) is 0 Å². The number of thiazole rings is 1. The number of hydrogen-bond acceptors (Lipinski definition) is 8. The van der Waals surface area contributed by atoms with E-state index >= 15 is 0 Å². The van der Waals surface area contributed by atoms with E-state index in [-0.39, 0.29) is 22.6 Å². The summed E-state index contributed by atoms with van der Waals surface area (Å²) in [6.07, 6.45) is 0.605. The summed E-state index contributed by atoms with van der Waals surface area (Å²) in [5, 5.41) is 13.7. The Kier molecular flexibility index (Phi) is 5.09. The number of nitrogen functional groups attached to an aromatic ring is 1. The third-order valence-electron chi connectivity index (χ3n) is 5.06. The van der Waals surface area contributed by atoms with Gasteiger partial charge in [-0.15, -0.1) is 11.3 Å². The van der Waals surface area contributed by atoms with Crippen LogP contribution in [0.5, 0.6) is 5.75 Å². The SMILES string of the molecule is CCc1cc2c(=O)c(-c3nc(C)cs3)c(N)oc2c(CN2CCOCC2)c1O. The number of aromatic nitrogens is 1. The fraction of sp³-hybridized carbons (Fsp3) is 0.400. The van der Waals surface area contributed by atoms with Crippen molar-refractivity contribution < 1.29 is 14.3 Å². The number of nitrogens with two attached hydrogens (primary N) is 1. The first-order valence-electron chi connectivity index (χ1n) is 9.32. The second kappa shape index (κ2) is 7.54. The van der Waals surface area contributed by atoms with Crippen molar-refractivity contribution in [1.82, 2.24) is 9.88 Å². The maximum absolute atomic E-state index is 13.3. The number of aryl methyl sites for hydroxylation is 2. The quantitative estimate of drug-likeness (QED) is 0.693. The first-order chi connectivity index (χ1) is 13.5. The maximum Gasteiger partial charge on any atom is 0.205 e. The molecule has 0 bridgehead atoms. The van der Waals surface area contributed by atoms with E-state index in [0.29, 0.717) is 53.3 Å². The summed E-state index contributed by atoms with van der Waals surface area (Å²) < 4.78 is 11.3. The van der Waals surface area contributed by atoms with Gasteiger partial charge in [0.25, 0.3) is 0 Å². The highest BCUT2D eigenvalue weighted by Crippen LogP contribution is 2.36. The third-order valence-corrected chi connectivity index (χ3v) is 6.03. The number of benzene rings is 1. The molecule has 8 heteroatoms. The van der Waals surface area contributed by atoms with Crippen LogP contribution < -0.4 is 11.2 Å². The van der Waals surface area contributed by atoms with Gasteiger partial charge in [0.05, 0.1) is 24.2 Å². The summed E-state index contributed by atoms with van der Waals surface area (Å²) in [5.74, 6) is 0.195. The van der Waals surface area contributed by atoms with Gasteiger partial charge in [-0.1, -0.05) is 6.92 Å². The molecule has 0 spiro atoms. The van der Waals surface area contributed by atoms with Crippen molar-refractivity contribution >= 4 is 28.2 Å². The number of ether oxygens (including phenoxy) is 1. The lowest BCUT2D eigenvalue weighted by Gasteiger charge is -2.27. The molecule has 0 unspecified atom stereocenters. The Labute approximate surface area is 166 Å². The Balaban J connectivity index is 1.93. The number of fused-ring (bicyclic) bond motifs is 1. The Morgan fingerprint density at radius 2 is 2.11 bits per heavy atom. The molecule has 3 aromatic rings. The highest BCUT2D eigenvalue weighted by atomic mass is 32.1. The van der Waals surface area contributed by atoms with Crippen molar-refractivity contribution in [3.8, 4) is 16.3 Å². The van der Waals surface area contributed by atoms with Gasteiger partial charge in [-0.05, 0) is 25.0 Å². The van der Waals surface area contributed by atoms with E-state index in [2.05, 4.69) is 9.88 Å². The number of phenolic OH excluding ortho intramolecular Hbond substituents is 1. The van der Waals surface area contributed by atoms with Gasteiger partial charge in [-0.3, -0.25) is 9.69 Å². The summed E-state index contributed by atoms with van der Waals surface area (Å²) in [7, 11) is 0. The zero-order chi connectivity index (χ0) is 19.8. The molecule has 2 aromatic heterocycles. The lowest BCUT2D eigenvalue weighted by molar-refractivity contribution is 0.0339. The van der Waals surface area contributed by atoms with Crippen LogP contribution in [0.1, 0.15) is 23.7 Å². The monoisotopic (exact) mass is 401 g/mol. The molecule has 1 aromatic carbocycles. The summed E-state index contributed by atoms with van der Waals surface area (Å²) in [6.45, 7) is 7.09. The molecule has 3 heterocycles. The van der Waals surface area contributed by atoms with Gasteiger partial charge in [0.2, 0.25) is 11.3 Å². The van der Waals surface area contributed by atoms with Crippen LogP contribution in [-0.4, -0.2) is 41.3 Å². The van der Waals surface area contributed by atoms with Gasteiger partial charge in [0.15, 0.2) is 0 Å². The highest BCUT2D eigenvalue weighted by Gasteiger charge is 2.24. The van der Waals surface area contributed by atoms with E-state index in [0.717, 1.165) is 18.8 Å². The van der Waals surface area contributed by atoms with Gasteiger partial charge in [0, 0.05) is 30.7 Å². The van der Waals surface area contributed by atoms with Gasteiger partial charge in [0.1, 0.15) is 21.9 Å². The molecular formula is C20H23N3O4S. The zero-order valence-corrected chi connectivity index (χ0v) is 16.8. The molecule has 0 amide bonds. The molecular weight excluding hydrogens is 378 g/mol. The van der Waals surface area contributed by atoms with Crippen LogP contribution in [-0.2, 0) is 17.7 Å². The number of phenols is 1. The Hall–Kier alpha value is -2.42. The average Bonchev–Trinajstić information content (AvgIpc) is 3.11. The predicted molar refractivity (Wildman–Crippen MR) is 110 cm³/mol. The summed E-state index contributed by atoms with van der Waals surface area (Å²) in [6, 6.07) is 1.71. The van der Waals surface area contributed by atoms with Gasteiger partial charge in [-0.25, -0.2) is 4.98 Å². The first kappa shape index (κ1) is 18.9. The van der Waals surface area contributed by atoms with Gasteiger partial charge >= 0.3 is 0 Å². The van der Waals surface area contributed by atoms with Crippen molar-refractivity contribution in [2.75, 3.05) is 32.0 Å². The minimum Gasteiger partial charge on any atom is -0.507 e. The largest absolute Gasteiger partial charge is 0.507 e. The topological polar surface area (TPSA) is 102 Å². The van der Waals surface area contributed by atoms with E-state index in [9.17, 15) is 9.90 Å². The van der Waals surface area contributed by atoms with Crippen LogP contribution in [0.25, 0.3) is 21.5 Å². The molecule has 28 heavy (non-hydrogen) atoms. The molecule has 3 N–H and O–H groups in total.